The van der Waals surface area contributed by atoms with Crippen LogP contribution in [-0.4, -0.2) is 6.61 Å². The molecule has 0 aromatic carbocycles. The van der Waals surface area contributed by atoms with Gasteiger partial charge in [0.15, 0.2) is 0 Å². The Morgan fingerprint density at radius 1 is 1.23 bits per heavy atom. The minimum atomic E-state index is -4.73. The Kier molecular flexibility index (Phi) is 6.60. The van der Waals surface area contributed by atoms with Gasteiger partial charge in [-0.25, -0.2) is 0 Å². The van der Waals surface area contributed by atoms with Crippen molar-refractivity contribution >= 4 is 7.82 Å². The van der Waals surface area contributed by atoms with Gasteiger partial charge in [-0.05, 0) is 12.3 Å². The van der Waals surface area contributed by atoms with E-state index in [1.54, 1.807) is 0 Å². The predicted octanol–water partition coefficient (Wildman–Crippen LogP) is 1.05. The molecule has 0 radical (unpaired) electrons. The summed E-state index contributed by atoms with van der Waals surface area (Å²) in [6, 6.07) is 0. The molecule has 4 nitrogen and oxygen atoms in total. The van der Waals surface area contributed by atoms with E-state index in [1.165, 1.54) is 0 Å². The Balaban J connectivity index is 3.14. The van der Waals surface area contributed by atoms with Crippen molar-refractivity contribution in [2.45, 2.75) is 39.5 Å². The second kappa shape index (κ2) is 6.55. The molecule has 0 aliphatic rings. The van der Waals surface area contributed by atoms with Gasteiger partial charge in [0.2, 0.25) is 0 Å². The smallest absolute Gasteiger partial charge is 0.0596 e. The van der Waals surface area contributed by atoms with Crippen LogP contribution < -0.4 is 9.79 Å². The standard InChI is InChI=1S/C8H19O4P/c1-8(2)6-4-3-5-7-12-13(9,10)11/h8H,3-7H2,1-2H3,(H2,9,10,11)/p-2. The molecule has 0 atom stereocenters. The molecule has 0 aromatic rings. The number of hydrogen-bond acceptors (Lipinski definition) is 4. The van der Waals surface area contributed by atoms with Gasteiger partial charge in [0.05, 0.1) is 14.4 Å². The van der Waals surface area contributed by atoms with Gasteiger partial charge in [-0.15, -0.1) is 0 Å². The van der Waals surface area contributed by atoms with Crippen molar-refractivity contribution in [3.63, 3.8) is 0 Å². The van der Waals surface area contributed by atoms with Crippen LogP contribution in [0.1, 0.15) is 39.5 Å². The summed E-state index contributed by atoms with van der Waals surface area (Å²) in [6.45, 7) is 4.31. The number of phosphoric acid groups is 1. The van der Waals surface area contributed by atoms with Crippen molar-refractivity contribution in [1.29, 1.82) is 0 Å². The van der Waals surface area contributed by atoms with Crippen LogP contribution in [0.5, 0.6) is 0 Å². The van der Waals surface area contributed by atoms with E-state index in [4.69, 9.17) is 0 Å². The molecule has 80 valence electrons. The topological polar surface area (TPSA) is 72.4 Å². The van der Waals surface area contributed by atoms with E-state index in [1.807, 2.05) is 0 Å². The molecule has 0 saturated heterocycles. The number of hydrogen-bond donors (Lipinski definition) is 0. The molecule has 0 rings (SSSR count). The summed E-state index contributed by atoms with van der Waals surface area (Å²) in [7, 11) is -4.73. The maximum Gasteiger partial charge on any atom is 0.0596 e. The van der Waals surface area contributed by atoms with Gasteiger partial charge < -0.3 is 18.9 Å². The minimum Gasteiger partial charge on any atom is -0.790 e. The number of unbranched alkanes of at least 4 members (excludes halogenated alkanes) is 2. The maximum absolute atomic E-state index is 10.0. The lowest BCUT2D eigenvalue weighted by Crippen LogP contribution is -2.16. The van der Waals surface area contributed by atoms with E-state index in [0.717, 1.165) is 19.3 Å². The molecule has 0 spiro atoms. The summed E-state index contributed by atoms with van der Waals surface area (Å²) in [5.74, 6) is 0.672. The van der Waals surface area contributed by atoms with Crippen LogP contribution in [-0.2, 0) is 9.09 Å². The second-order valence-electron chi connectivity index (χ2n) is 3.52. The van der Waals surface area contributed by atoms with E-state index >= 15 is 0 Å². The maximum atomic E-state index is 10.0. The average Bonchev–Trinajstić information content (AvgIpc) is 1.93. The van der Waals surface area contributed by atoms with E-state index in [0.29, 0.717) is 12.3 Å². The van der Waals surface area contributed by atoms with Crippen LogP contribution in [0, 0.1) is 5.92 Å². The highest BCUT2D eigenvalue weighted by atomic mass is 31.2. The molecule has 0 amide bonds. The van der Waals surface area contributed by atoms with Crippen LogP contribution in [0.2, 0.25) is 0 Å². The molecule has 0 aromatic heterocycles. The SMILES string of the molecule is CC(C)CCCCCOP(=O)([O-])[O-]. The van der Waals surface area contributed by atoms with Gasteiger partial charge in [0, 0.05) is 0 Å². The zero-order valence-corrected chi connectivity index (χ0v) is 9.09. The quantitative estimate of drug-likeness (QED) is 0.463. The first-order valence-electron chi connectivity index (χ1n) is 4.58. The normalized spacial score (nSPS) is 12.4. The van der Waals surface area contributed by atoms with E-state index < -0.39 is 7.82 Å². The van der Waals surface area contributed by atoms with Crippen molar-refractivity contribution in [3.8, 4) is 0 Å². The number of phosphoric ester groups is 1. The van der Waals surface area contributed by atoms with Gasteiger partial charge in [0.1, 0.15) is 0 Å². The fourth-order valence-electron chi connectivity index (χ4n) is 1.01. The molecule has 0 aliphatic carbocycles. The molecule has 0 aliphatic heterocycles. The van der Waals surface area contributed by atoms with E-state index in [2.05, 4.69) is 18.4 Å². The summed E-state index contributed by atoms with van der Waals surface area (Å²) in [4.78, 5) is 20.0. The predicted molar refractivity (Wildman–Crippen MR) is 46.9 cm³/mol. The molecule has 5 heteroatoms. The van der Waals surface area contributed by atoms with Crippen molar-refractivity contribution in [3.05, 3.63) is 0 Å². The molecule has 0 bridgehead atoms. The van der Waals surface area contributed by atoms with Crippen LogP contribution in [0.25, 0.3) is 0 Å². The second-order valence-corrected chi connectivity index (χ2v) is 4.68. The summed E-state index contributed by atoms with van der Waals surface area (Å²) in [5.41, 5.74) is 0. The first kappa shape index (κ1) is 13.1. The largest absolute Gasteiger partial charge is 0.790 e. The first-order valence-corrected chi connectivity index (χ1v) is 6.04. The summed E-state index contributed by atoms with van der Waals surface area (Å²) in [5, 5.41) is 0. The van der Waals surface area contributed by atoms with E-state index in [9.17, 15) is 14.4 Å². The Morgan fingerprint density at radius 2 is 1.85 bits per heavy atom. The first-order chi connectivity index (χ1) is 5.92. The minimum absolute atomic E-state index is 0.0301. The van der Waals surface area contributed by atoms with Gasteiger partial charge in [-0.3, -0.25) is 0 Å². The third-order valence-corrected chi connectivity index (χ3v) is 2.17. The van der Waals surface area contributed by atoms with Crippen molar-refractivity contribution in [1.82, 2.24) is 0 Å². The molecule has 0 unspecified atom stereocenters. The average molecular weight is 208 g/mol. The van der Waals surface area contributed by atoms with Gasteiger partial charge in [0.25, 0.3) is 0 Å². The monoisotopic (exact) mass is 208 g/mol. The highest BCUT2D eigenvalue weighted by Crippen LogP contribution is 2.24. The van der Waals surface area contributed by atoms with Crippen molar-refractivity contribution in [2.24, 2.45) is 5.92 Å². The fourth-order valence-corrected chi connectivity index (χ4v) is 1.36. The fraction of sp³-hybridized carbons (Fsp3) is 1.00. The highest BCUT2D eigenvalue weighted by Gasteiger charge is 1.95. The van der Waals surface area contributed by atoms with Gasteiger partial charge in [-0.2, -0.15) is 0 Å². The summed E-state index contributed by atoms with van der Waals surface area (Å²) >= 11 is 0. The van der Waals surface area contributed by atoms with Crippen LogP contribution in [0.15, 0.2) is 0 Å². The van der Waals surface area contributed by atoms with Crippen molar-refractivity contribution in [2.75, 3.05) is 6.61 Å². The van der Waals surface area contributed by atoms with Gasteiger partial charge >= 0.3 is 0 Å². The van der Waals surface area contributed by atoms with E-state index in [-0.39, 0.29) is 6.61 Å². The zero-order chi connectivity index (χ0) is 10.3. The van der Waals surface area contributed by atoms with Crippen molar-refractivity contribution < 1.29 is 18.9 Å². The summed E-state index contributed by atoms with van der Waals surface area (Å²) in [6.07, 6.45) is 3.74. The van der Waals surface area contributed by atoms with Crippen LogP contribution in [0.3, 0.4) is 0 Å². The highest BCUT2D eigenvalue weighted by molar-refractivity contribution is 7.43. The Hall–Kier alpha value is 0.110. The third kappa shape index (κ3) is 12.1. The third-order valence-electron chi connectivity index (χ3n) is 1.68. The van der Waals surface area contributed by atoms with Gasteiger partial charge in [-0.1, -0.05) is 33.1 Å². The molecule has 0 saturated carbocycles. The Labute approximate surface area is 79.5 Å². The van der Waals surface area contributed by atoms with Crippen LogP contribution in [0.4, 0.5) is 0 Å². The number of rotatable bonds is 7. The molecule has 0 fully saturated rings. The lowest BCUT2D eigenvalue weighted by Gasteiger charge is -2.28. The molecule has 0 heterocycles. The molecular weight excluding hydrogens is 191 g/mol. The Bertz CT molecular complexity index is 164. The zero-order valence-electron chi connectivity index (χ0n) is 8.19. The molecule has 0 N–H and O–H groups in total. The molecular formula is C8H17O4P-2. The summed E-state index contributed by atoms with van der Waals surface area (Å²) < 4.78 is 14.1. The Morgan fingerprint density at radius 3 is 2.31 bits per heavy atom. The van der Waals surface area contributed by atoms with Crippen LogP contribution >= 0.6 is 7.82 Å². The lowest BCUT2D eigenvalue weighted by molar-refractivity contribution is -0.341. The molecule has 13 heavy (non-hydrogen) atoms. The lowest BCUT2D eigenvalue weighted by atomic mass is 10.1.